The lowest BCUT2D eigenvalue weighted by atomic mass is 10.1. The Morgan fingerprint density at radius 3 is 2.40 bits per heavy atom. The third kappa shape index (κ3) is 2.93. The van der Waals surface area contributed by atoms with Crippen LogP contribution in [0, 0.1) is 13.8 Å². The highest BCUT2D eigenvalue weighted by atomic mass is 79.9. The van der Waals surface area contributed by atoms with Gasteiger partial charge in [-0.25, -0.2) is 0 Å². The van der Waals surface area contributed by atoms with E-state index in [-0.39, 0.29) is 23.0 Å². The first-order valence-corrected chi connectivity index (χ1v) is 6.78. The van der Waals surface area contributed by atoms with E-state index in [2.05, 4.69) is 21.2 Å². The van der Waals surface area contributed by atoms with Gasteiger partial charge in [-0.2, -0.15) is 0 Å². The maximum atomic E-state index is 12.1. The van der Waals surface area contributed by atoms with Crippen LogP contribution >= 0.6 is 15.9 Å². The summed E-state index contributed by atoms with van der Waals surface area (Å²) in [4.78, 5) is 12.1. The van der Waals surface area contributed by atoms with Crippen LogP contribution in [0.25, 0.3) is 0 Å². The number of benzene rings is 2. The predicted octanol–water partition coefficient (Wildman–Crippen LogP) is 3.73. The average molecular weight is 336 g/mol. The first-order chi connectivity index (χ1) is 9.38. The Bertz CT molecular complexity index is 660. The van der Waals surface area contributed by atoms with Crippen molar-refractivity contribution in [3.05, 3.63) is 51.5 Å². The second-order valence-corrected chi connectivity index (χ2v) is 5.45. The molecule has 1 amide bonds. The van der Waals surface area contributed by atoms with Gasteiger partial charge in [0.15, 0.2) is 11.5 Å². The summed E-state index contributed by atoms with van der Waals surface area (Å²) in [7, 11) is 0. The molecule has 2 aromatic carbocycles. The molecule has 0 fully saturated rings. The molecule has 0 spiro atoms. The molecule has 2 rings (SSSR count). The highest BCUT2D eigenvalue weighted by Gasteiger charge is 2.12. The van der Waals surface area contributed by atoms with Gasteiger partial charge in [-0.05, 0) is 65.2 Å². The Hall–Kier alpha value is -2.01. The van der Waals surface area contributed by atoms with Crippen LogP contribution in [0.15, 0.2) is 34.8 Å². The molecule has 3 N–H and O–H groups in total. The van der Waals surface area contributed by atoms with Crippen LogP contribution in [0.2, 0.25) is 0 Å². The Labute approximate surface area is 125 Å². The topological polar surface area (TPSA) is 69.6 Å². The number of phenolic OH excluding ortho intramolecular Hbond substituents is 2. The van der Waals surface area contributed by atoms with E-state index in [4.69, 9.17) is 0 Å². The van der Waals surface area contributed by atoms with Gasteiger partial charge in [-0.1, -0.05) is 6.07 Å². The van der Waals surface area contributed by atoms with Crippen LogP contribution in [0.1, 0.15) is 21.5 Å². The summed E-state index contributed by atoms with van der Waals surface area (Å²) in [6, 6.07) is 7.83. The lowest BCUT2D eigenvalue weighted by Crippen LogP contribution is -2.13. The fourth-order valence-corrected chi connectivity index (χ4v) is 2.70. The number of phenols is 2. The van der Waals surface area contributed by atoms with E-state index >= 15 is 0 Å². The molecule has 4 nitrogen and oxygen atoms in total. The second-order valence-electron chi connectivity index (χ2n) is 4.60. The molecule has 0 aliphatic carbocycles. The van der Waals surface area contributed by atoms with E-state index < -0.39 is 0 Å². The van der Waals surface area contributed by atoms with E-state index in [9.17, 15) is 15.0 Å². The summed E-state index contributed by atoms with van der Waals surface area (Å²) < 4.78 is 0.798. The van der Waals surface area contributed by atoms with Crippen molar-refractivity contribution < 1.29 is 15.0 Å². The zero-order valence-corrected chi connectivity index (χ0v) is 12.7. The Morgan fingerprint density at radius 1 is 1.10 bits per heavy atom. The Balaban J connectivity index is 2.30. The van der Waals surface area contributed by atoms with Gasteiger partial charge in [0.2, 0.25) is 0 Å². The van der Waals surface area contributed by atoms with Crippen LogP contribution in [-0.2, 0) is 0 Å². The molecule has 0 atom stereocenters. The Kier molecular flexibility index (Phi) is 3.99. The number of hydrogen-bond acceptors (Lipinski definition) is 3. The van der Waals surface area contributed by atoms with E-state index in [1.54, 1.807) is 0 Å². The van der Waals surface area contributed by atoms with Crippen molar-refractivity contribution in [1.29, 1.82) is 0 Å². The van der Waals surface area contributed by atoms with E-state index in [1.807, 2.05) is 26.0 Å². The molecule has 0 radical (unpaired) electrons. The van der Waals surface area contributed by atoms with Crippen molar-refractivity contribution in [2.75, 3.05) is 5.32 Å². The highest BCUT2D eigenvalue weighted by molar-refractivity contribution is 9.10. The molecular formula is C15H14BrNO3. The molecule has 2 aromatic rings. The molecule has 104 valence electrons. The molecule has 0 unspecified atom stereocenters. The largest absolute Gasteiger partial charge is 0.504 e. The first kappa shape index (κ1) is 14.4. The minimum absolute atomic E-state index is 0.255. The zero-order chi connectivity index (χ0) is 14.9. The fraction of sp³-hybridized carbons (Fsp3) is 0.133. The fourth-order valence-electron chi connectivity index (χ4n) is 1.92. The number of amides is 1. The van der Waals surface area contributed by atoms with Gasteiger partial charge in [0.25, 0.3) is 5.91 Å². The molecule has 0 heterocycles. The molecule has 0 saturated carbocycles. The lowest BCUT2D eigenvalue weighted by Gasteiger charge is -2.12. The molecule has 5 heteroatoms. The van der Waals surface area contributed by atoms with Crippen LogP contribution < -0.4 is 5.32 Å². The van der Waals surface area contributed by atoms with Crippen LogP contribution in [-0.4, -0.2) is 16.1 Å². The number of halogens is 1. The molecule has 0 saturated heterocycles. The molecule has 0 aromatic heterocycles. The molecule has 20 heavy (non-hydrogen) atoms. The summed E-state index contributed by atoms with van der Waals surface area (Å²) in [6.07, 6.45) is 0. The number of aryl methyl sites for hydroxylation is 2. The standard InChI is InChI=1S/C15H14BrNO3/c1-8-5-9(2)14(11(16)6-8)17-15(20)10-3-4-12(18)13(19)7-10/h3-7,18-19H,1-2H3,(H,17,20). The SMILES string of the molecule is Cc1cc(C)c(NC(=O)c2ccc(O)c(O)c2)c(Br)c1. The minimum atomic E-state index is -0.354. The molecule has 0 aliphatic heterocycles. The molecule has 0 bridgehead atoms. The smallest absolute Gasteiger partial charge is 0.255 e. The van der Waals surface area contributed by atoms with Crippen LogP contribution in [0.4, 0.5) is 5.69 Å². The van der Waals surface area contributed by atoms with E-state index in [1.165, 1.54) is 18.2 Å². The predicted molar refractivity (Wildman–Crippen MR) is 81.3 cm³/mol. The van der Waals surface area contributed by atoms with Crippen molar-refractivity contribution in [2.24, 2.45) is 0 Å². The average Bonchev–Trinajstić information content (AvgIpc) is 2.36. The number of carbonyl (C=O) groups excluding carboxylic acids is 1. The van der Waals surface area contributed by atoms with Crippen LogP contribution in [0.3, 0.4) is 0 Å². The van der Waals surface area contributed by atoms with Gasteiger partial charge in [0, 0.05) is 10.0 Å². The van der Waals surface area contributed by atoms with Crippen molar-refractivity contribution in [2.45, 2.75) is 13.8 Å². The highest BCUT2D eigenvalue weighted by Crippen LogP contribution is 2.29. The summed E-state index contributed by atoms with van der Waals surface area (Å²) >= 11 is 3.42. The summed E-state index contributed by atoms with van der Waals surface area (Å²) in [5.41, 5.74) is 2.99. The zero-order valence-electron chi connectivity index (χ0n) is 11.1. The maximum Gasteiger partial charge on any atom is 0.255 e. The van der Waals surface area contributed by atoms with Crippen molar-refractivity contribution in [3.8, 4) is 11.5 Å². The van der Waals surface area contributed by atoms with Gasteiger partial charge in [0.05, 0.1) is 5.69 Å². The number of nitrogens with one attached hydrogen (secondary N) is 1. The quantitative estimate of drug-likeness (QED) is 0.732. The summed E-state index contributed by atoms with van der Waals surface area (Å²) in [6.45, 7) is 3.88. The third-order valence-electron chi connectivity index (χ3n) is 2.91. The van der Waals surface area contributed by atoms with Crippen LogP contribution in [0.5, 0.6) is 11.5 Å². The monoisotopic (exact) mass is 335 g/mol. The maximum absolute atomic E-state index is 12.1. The molecular weight excluding hydrogens is 322 g/mol. The lowest BCUT2D eigenvalue weighted by molar-refractivity contribution is 0.102. The normalized spacial score (nSPS) is 10.3. The second kappa shape index (κ2) is 5.54. The number of hydrogen-bond donors (Lipinski definition) is 3. The van der Waals surface area contributed by atoms with Crippen molar-refractivity contribution >= 4 is 27.5 Å². The number of carbonyl (C=O) groups is 1. The number of anilines is 1. The van der Waals surface area contributed by atoms with Gasteiger partial charge in [0.1, 0.15) is 0 Å². The summed E-state index contributed by atoms with van der Waals surface area (Å²) in [5, 5.41) is 21.5. The molecule has 0 aliphatic rings. The van der Waals surface area contributed by atoms with E-state index in [0.717, 1.165) is 15.6 Å². The van der Waals surface area contributed by atoms with Gasteiger partial charge in [-0.15, -0.1) is 0 Å². The van der Waals surface area contributed by atoms with Gasteiger partial charge >= 0.3 is 0 Å². The first-order valence-electron chi connectivity index (χ1n) is 5.98. The van der Waals surface area contributed by atoms with E-state index in [0.29, 0.717) is 5.69 Å². The number of rotatable bonds is 2. The van der Waals surface area contributed by atoms with Gasteiger partial charge < -0.3 is 15.5 Å². The Morgan fingerprint density at radius 2 is 1.80 bits per heavy atom. The van der Waals surface area contributed by atoms with Crippen molar-refractivity contribution in [3.63, 3.8) is 0 Å². The van der Waals surface area contributed by atoms with Gasteiger partial charge in [-0.3, -0.25) is 4.79 Å². The third-order valence-corrected chi connectivity index (χ3v) is 3.53. The number of aromatic hydroxyl groups is 2. The minimum Gasteiger partial charge on any atom is -0.504 e. The summed E-state index contributed by atoms with van der Waals surface area (Å²) in [5.74, 6) is -0.931. The van der Waals surface area contributed by atoms with Crippen molar-refractivity contribution in [1.82, 2.24) is 0 Å².